The lowest BCUT2D eigenvalue weighted by atomic mass is 9.92. The van der Waals surface area contributed by atoms with Crippen LogP contribution in [0, 0.1) is 0 Å². The van der Waals surface area contributed by atoms with Crippen molar-refractivity contribution < 1.29 is 19.1 Å². The molecule has 1 aliphatic heterocycles. The zero-order valence-electron chi connectivity index (χ0n) is 15.6. The van der Waals surface area contributed by atoms with Gasteiger partial charge in [0.25, 0.3) is 0 Å². The molecule has 0 saturated carbocycles. The number of benzene rings is 2. The average Bonchev–Trinajstić information content (AvgIpc) is 3.13. The van der Waals surface area contributed by atoms with E-state index in [-0.39, 0.29) is 6.61 Å². The van der Waals surface area contributed by atoms with Gasteiger partial charge in [-0.25, -0.2) is 9.69 Å². The molecule has 3 rings (SSSR count). The number of ether oxygens (including phenoxy) is 2. The van der Waals surface area contributed by atoms with E-state index in [0.717, 1.165) is 16.0 Å². The third-order valence-electron chi connectivity index (χ3n) is 4.84. The molecule has 144 valence electrons. The number of carbonyl (C=O) groups is 2. The van der Waals surface area contributed by atoms with Crippen LogP contribution in [-0.2, 0) is 9.53 Å². The second-order valence-electron chi connectivity index (χ2n) is 6.42. The van der Waals surface area contributed by atoms with E-state index in [0.29, 0.717) is 5.75 Å². The van der Waals surface area contributed by atoms with Gasteiger partial charge in [0.05, 0.1) is 7.11 Å². The molecule has 1 heterocycles. The molecule has 1 fully saturated rings. The summed E-state index contributed by atoms with van der Waals surface area (Å²) in [7, 11) is 1.56. The van der Waals surface area contributed by atoms with Crippen LogP contribution in [0.5, 0.6) is 5.75 Å². The summed E-state index contributed by atoms with van der Waals surface area (Å²) < 4.78 is 10.3. The molecule has 1 aliphatic rings. The van der Waals surface area contributed by atoms with E-state index < -0.39 is 30.0 Å². The van der Waals surface area contributed by atoms with Crippen molar-refractivity contribution in [2.24, 2.45) is 5.11 Å². The average molecular weight is 380 g/mol. The van der Waals surface area contributed by atoms with Gasteiger partial charge in [-0.15, -0.1) is 0 Å². The molecule has 2 amide bonds. The topological polar surface area (TPSA) is 105 Å². The summed E-state index contributed by atoms with van der Waals surface area (Å²) in [6.45, 7) is 1.84. The van der Waals surface area contributed by atoms with Crippen molar-refractivity contribution >= 4 is 12.0 Å². The lowest BCUT2D eigenvalue weighted by Crippen LogP contribution is -2.42. The minimum Gasteiger partial charge on any atom is -0.497 e. The van der Waals surface area contributed by atoms with Crippen molar-refractivity contribution in [3.63, 3.8) is 0 Å². The molecule has 2 aromatic carbocycles. The number of hydrogen-bond donors (Lipinski definition) is 0. The first kappa shape index (κ1) is 19.3. The van der Waals surface area contributed by atoms with Crippen molar-refractivity contribution in [1.29, 1.82) is 0 Å². The standard InChI is InChI=1S/C20H20N4O4/c1-13(14-8-10-16(27-2)11-9-14)18(22-23-21)19(25)24-17(12-28-20(24)26)15-6-4-3-5-7-15/h3-11,13,17-18H,12H2,1-2H3. The molecule has 2 aromatic rings. The molecule has 3 atom stereocenters. The monoisotopic (exact) mass is 380 g/mol. The Labute approximate surface area is 162 Å². The SMILES string of the molecule is COc1ccc(C(C)C(N=[N+]=[N-])C(=O)N2C(=O)OCC2c2ccccc2)cc1. The van der Waals surface area contributed by atoms with Crippen molar-refractivity contribution in [3.8, 4) is 5.75 Å². The van der Waals surface area contributed by atoms with Crippen molar-refractivity contribution in [1.82, 2.24) is 4.90 Å². The molecular formula is C20H20N4O4. The largest absolute Gasteiger partial charge is 0.497 e. The molecule has 0 spiro atoms. The summed E-state index contributed by atoms with van der Waals surface area (Å²) in [6, 6.07) is 14.6. The second-order valence-corrected chi connectivity index (χ2v) is 6.42. The van der Waals surface area contributed by atoms with Gasteiger partial charge in [0, 0.05) is 4.91 Å². The highest BCUT2D eigenvalue weighted by Crippen LogP contribution is 2.32. The van der Waals surface area contributed by atoms with Crippen LogP contribution in [0.25, 0.3) is 10.4 Å². The number of azide groups is 1. The van der Waals surface area contributed by atoms with Crippen LogP contribution >= 0.6 is 0 Å². The first-order chi connectivity index (χ1) is 13.6. The number of cyclic esters (lactones) is 1. The molecular weight excluding hydrogens is 360 g/mol. The molecule has 0 aromatic heterocycles. The van der Waals surface area contributed by atoms with E-state index in [9.17, 15) is 9.59 Å². The zero-order chi connectivity index (χ0) is 20.1. The molecule has 28 heavy (non-hydrogen) atoms. The summed E-state index contributed by atoms with van der Waals surface area (Å²) in [5.41, 5.74) is 10.6. The van der Waals surface area contributed by atoms with E-state index in [2.05, 4.69) is 10.0 Å². The van der Waals surface area contributed by atoms with Crippen LogP contribution in [0.4, 0.5) is 4.79 Å². The number of rotatable bonds is 6. The minimum atomic E-state index is -1.09. The Hall–Kier alpha value is -3.51. The van der Waals surface area contributed by atoms with E-state index >= 15 is 0 Å². The van der Waals surface area contributed by atoms with Crippen LogP contribution in [0.15, 0.2) is 59.7 Å². The van der Waals surface area contributed by atoms with E-state index in [1.165, 1.54) is 0 Å². The molecule has 0 N–H and O–H groups in total. The van der Waals surface area contributed by atoms with Crippen LogP contribution in [0.1, 0.15) is 30.0 Å². The van der Waals surface area contributed by atoms with E-state index in [1.807, 2.05) is 30.3 Å². The number of methoxy groups -OCH3 is 1. The van der Waals surface area contributed by atoms with Gasteiger partial charge in [-0.1, -0.05) is 54.5 Å². The lowest BCUT2D eigenvalue weighted by molar-refractivity contribution is -0.131. The van der Waals surface area contributed by atoms with Gasteiger partial charge in [0.15, 0.2) is 0 Å². The highest BCUT2D eigenvalue weighted by molar-refractivity contribution is 5.97. The quantitative estimate of drug-likeness (QED) is 0.425. The van der Waals surface area contributed by atoms with Gasteiger partial charge in [0.1, 0.15) is 24.4 Å². The summed E-state index contributed by atoms with van der Waals surface area (Å²) in [5.74, 6) is -0.355. The van der Waals surface area contributed by atoms with E-state index in [1.54, 1.807) is 38.3 Å². The molecule has 8 heteroatoms. The summed E-state index contributed by atoms with van der Waals surface area (Å²) in [6.07, 6.45) is -0.737. The number of hydrogen-bond acceptors (Lipinski definition) is 5. The Bertz CT molecular complexity index is 894. The highest BCUT2D eigenvalue weighted by Gasteiger charge is 2.42. The maximum atomic E-state index is 13.2. The Kier molecular flexibility index (Phi) is 5.81. The Morgan fingerprint density at radius 3 is 2.54 bits per heavy atom. The summed E-state index contributed by atoms with van der Waals surface area (Å²) >= 11 is 0. The fraction of sp³-hybridized carbons (Fsp3) is 0.300. The minimum absolute atomic E-state index is 0.0640. The predicted molar refractivity (Wildman–Crippen MR) is 102 cm³/mol. The first-order valence-electron chi connectivity index (χ1n) is 8.79. The van der Waals surface area contributed by atoms with Crippen molar-refractivity contribution in [2.75, 3.05) is 13.7 Å². The van der Waals surface area contributed by atoms with Crippen molar-refractivity contribution in [2.45, 2.75) is 24.9 Å². The van der Waals surface area contributed by atoms with Crippen LogP contribution in [0.3, 0.4) is 0 Å². The zero-order valence-corrected chi connectivity index (χ0v) is 15.6. The number of amides is 2. The van der Waals surface area contributed by atoms with Crippen molar-refractivity contribution in [3.05, 3.63) is 76.2 Å². The number of nitrogens with zero attached hydrogens (tertiary/aromatic N) is 4. The normalized spacial score (nSPS) is 18.0. The maximum absolute atomic E-state index is 13.2. The van der Waals surface area contributed by atoms with Gasteiger partial charge in [-0.05, 0) is 34.7 Å². The maximum Gasteiger partial charge on any atom is 0.417 e. The predicted octanol–water partition coefficient (Wildman–Crippen LogP) is 4.20. The highest BCUT2D eigenvalue weighted by atomic mass is 16.6. The van der Waals surface area contributed by atoms with Crippen LogP contribution in [0.2, 0.25) is 0 Å². The molecule has 8 nitrogen and oxygen atoms in total. The number of imide groups is 1. The molecule has 0 aliphatic carbocycles. The lowest BCUT2D eigenvalue weighted by Gasteiger charge is -2.26. The van der Waals surface area contributed by atoms with Gasteiger partial charge < -0.3 is 9.47 Å². The second kappa shape index (κ2) is 8.45. The number of carbonyl (C=O) groups excluding carboxylic acids is 2. The third-order valence-corrected chi connectivity index (χ3v) is 4.84. The third kappa shape index (κ3) is 3.77. The van der Waals surface area contributed by atoms with Gasteiger partial charge >= 0.3 is 6.09 Å². The van der Waals surface area contributed by atoms with Gasteiger partial charge in [-0.3, -0.25) is 4.79 Å². The smallest absolute Gasteiger partial charge is 0.417 e. The fourth-order valence-corrected chi connectivity index (χ4v) is 3.24. The Morgan fingerprint density at radius 1 is 1.25 bits per heavy atom. The summed E-state index contributed by atoms with van der Waals surface area (Å²) in [4.78, 5) is 29.4. The molecule has 3 unspecified atom stereocenters. The van der Waals surface area contributed by atoms with Crippen LogP contribution < -0.4 is 4.74 Å². The van der Waals surface area contributed by atoms with Gasteiger partial charge in [0.2, 0.25) is 5.91 Å². The molecule has 1 saturated heterocycles. The molecule has 0 radical (unpaired) electrons. The Balaban J connectivity index is 1.90. The summed E-state index contributed by atoms with van der Waals surface area (Å²) in [5, 5.41) is 3.70. The van der Waals surface area contributed by atoms with Crippen LogP contribution in [-0.4, -0.2) is 36.7 Å². The first-order valence-corrected chi connectivity index (χ1v) is 8.79. The fourth-order valence-electron chi connectivity index (χ4n) is 3.24. The molecule has 0 bridgehead atoms. The van der Waals surface area contributed by atoms with E-state index in [4.69, 9.17) is 15.0 Å². The Morgan fingerprint density at radius 2 is 1.93 bits per heavy atom. The van der Waals surface area contributed by atoms with Gasteiger partial charge in [-0.2, -0.15) is 0 Å².